The van der Waals surface area contributed by atoms with Crippen LogP contribution < -0.4 is 0 Å². The van der Waals surface area contributed by atoms with Gasteiger partial charge < -0.3 is 4.42 Å². The molecule has 23 heavy (non-hydrogen) atoms. The van der Waals surface area contributed by atoms with Gasteiger partial charge in [-0.3, -0.25) is 0 Å². The molecule has 0 amide bonds. The summed E-state index contributed by atoms with van der Waals surface area (Å²) in [5.41, 5.74) is 2.92. The first-order valence-corrected chi connectivity index (χ1v) is 7.75. The molecule has 4 aromatic carbocycles. The van der Waals surface area contributed by atoms with Crippen LogP contribution in [0.5, 0.6) is 0 Å². The number of fused-ring (bicyclic) bond motifs is 7. The number of furan rings is 1. The Morgan fingerprint density at radius 1 is 0.696 bits per heavy atom. The number of hydrogen-bond acceptors (Lipinski definition) is 1. The van der Waals surface area contributed by atoms with E-state index in [1.165, 1.54) is 26.9 Å². The summed E-state index contributed by atoms with van der Waals surface area (Å²) in [5.74, 6) is 0. The monoisotopic (exact) mass is 294 g/mol. The molecule has 108 valence electrons. The maximum absolute atomic E-state index is 6.32. The molecule has 5 rings (SSSR count). The summed E-state index contributed by atoms with van der Waals surface area (Å²) in [4.78, 5) is 0. The average Bonchev–Trinajstić information content (AvgIpc) is 3.01. The van der Waals surface area contributed by atoms with Crippen LogP contribution in [0.1, 0.15) is 5.56 Å². The van der Waals surface area contributed by atoms with Crippen molar-refractivity contribution in [2.24, 2.45) is 0 Å². The Morgan fingerprint density at radius 2 is 1.43 bits per heavy atom. The molecule has 0 atom stereocenters. The highest BCUT2D eigenvalue weighted by atomic mass is 16.3. The minimum Gasteiger partial charge on any atom is -0.455 e. The van der Waals surface area contributed by atoms with Crippen LogP contribution in [-0.4, -0.2) is 0 Å². The number of hydrogen-bond donors (Lipinski definition) is 0. The van der Waals surface area contributed by atoms with E-state index < -0.39 is 0 Å². The third kappa shape index (κ3) is 1.62. The van der Waals surface area contributed by atoms with Crippen LogP contribution in [0.2, 0.25) is 0 Å². The molecule has 1 heterocycles. The summed E-state index contributed by atoms with van der Waals surface area (Å²) in [7, 11) is 0. The highest BCUT2D eigenvalue weighted by Gasteiger charge is 2.15. The Hall–Kier alpha value is -3.06. The van der Waals surface area contributed by atoms with Crippen molar-refractivity contribution in [1.82, 2.24) is 0 Å². The average molecular weight is 294 g/mol. The molecule has 0 aliphatic carbocycles. The van der Waals surface area contributed by atoms with E-state index in [2.05, 4.69) is 73.3 Å². The Bertz CT molecular complexity index is 1220. The van der Waals surface area contributed by atoms with Gasteiger partial charge >= 0.3 is 0 Å². The van der Waals surface area contributed by atoms with Crippen molar-refractivity contribution in [2.45, 2.75) is 0 Å². The number of benzene rings is 4. The van der Waals surface area contributed by atoms with Gasteiger partial charge in [-0.2, -0.15) is 0 Å². The van der Waals surface area contributed by atoms with Gasteiger partial charge in [0.15, 0.2) is 0 Å². The van der Waals surface area contributed by atoms with E-state index in [0.717, 1.165) is 22.1 Å². The second-order valence-corrected chi connectivity index (χ2v) is 5.86. The second kappa shape index (κ2) is 4.47. The third-order valence-electron chi connectivity index (χ3n) is 4.60. The molecule has 0 bridgehead atoms. The van der Waals surface area contributed by atoms with Crippen molar-refractivity contribution in [2.75, 3.05) is 0 Å². The zero-order chi connectivity index (χ0) is 15.4. The highest BCUT2D eigenvalue weighted by molar-refractivity contribution is 6.24. The van der Waals surface area contributed by atoms with Crippen LogP contribution >= 0.6 is 0 Å². The van der Waals surface area contributed by atoms with Crippen LogP contribution in [0.25, 0.3) is 49.6 Å². The van der Waals surface area contributed by atoms with Gasteiger partial charge in [-0.05, 0) is 28.3 Å². The molecule has 0 saturated heterocycles. The lowest BCUT2D eigenvalue weighted by atomic mass is 9.99. The van der Waals surface area contributed by atoms with E-state index in [1.807, 2.05) is 6.08 Å². The number of rotatable bonds is 1. The van der Waals surface area contributed by atoms with Crippen LogP contribution in [-0.2, 0) is 0 Å². The summed E-state index contributed by atoms with van der Waals surface area (Å²) in [6.45, 7) is 3.96. The quantitative estimate of drug-likeness (QED) is 0.342. The maximum atomic E-state index is 6.32. The zero-order valence-electron chi connectivity index (χ0n) is 12.5. The van der Waals surface area contributed by atoms with Crippen molar-refractivity contribution in [3.63, 3.8) is 0 Å². The van der Waals surface area contributed by atoms with Crippen molar-refractivity contribution >= 4 is 49.6 Å². The molecule has 0 aliphatic heterocycles. The summed E-state index contributed by atoms with van der Waals surface area (Å²) >= 11 is 0. The van der Waals surface area contributed by atoms with Crippen molar-refractivity contribution < 1.29 is 4.42 Å². The van der Waals surface area contributed by atoms with Gasteiger partial charge in [0.1, 0.15) is 11.2 Å². The van der Waals surface area contributed by atoms with Crippen LogP contribution in [0, 0.1) is 0 Å². The van der Waals surface area contributed by atoms with Crippen LogP contribution in [0.3, 0.4) is 0 Å². The lowest BCUT2D eigenvalue weighted by Gasteiger charge is -2.02. The van der Waals surface area contributed by atoms with E-state index in [-0.39, 0.29) is 0 Å². The molecule has 1 heteroatoms. The molecule has 0 aliphatic rings. The molecule has 5 aromatic rings. The zero-order valence-corrected chi connectivity index (χ0v) is 12.5. The Kier molecular flexibility index (Phi) is 2.42. The van der Waals surface area contributed by atoms with Crippen molar-refractivity contribution in [3.8, 4) is 0 Å². The van der Waals surface area contributed by atoms with E-state index in [0.29, 0.717) is 0 Å². The minimum atomic E-state index is 0.921. The van der Waals surface area contributed by atoms with Crippen molar-refractivity contribution in [3.05, 3.63) is 78.9 Å². The first-order valence-electron chi connectivity index (χ1n) is 7.75. The molecular formula is C22H14O. The fourth-order valence-corrected chi connectivity index (χ4v) is 3.53. The standard InChI is InChI=1S/C22H14O/c1-2-14-13-16-8-4-5-9-17(16)20-19-12-11-15-7-3-6-10-18(15)22(19)23-21(14)20/h2-13H,1H2. The predicted octanol–water partition coefficient (Wildman–Crippen LogP) is 6.54. The van der Waals surface area contributed by atoms with Crippen LogP contribution in [0.4, 0.5) is 0 Å². The largest absolute Gasteiger partial charge is 0.455 e. The van der Waals surface area contributed by atoms with Gasteiger partial charge in [0.2, 0.25) is 0 Å². The lowest BCUT2D eigenvalue weighted by Crippen LogP contribution is -1.78. The van der Waals surface area contributed by atoms with Gasteiger partial charge in [0.05, 0.1) is 0 Å². The Morgan fingerprint density at radius 3 is 2.26 bits per heavy atom. The molecule has 0 radical (unpaired) electrons. The van der Waals surface area contributed by atoms with Crippen molar-refractivity contribution in [1.29, 1.82) is 0 Å². The minimum absolute atomic E-state index is 0.921. The summed E-state index contributed by atoms with van der Waals surface area (Å²) in [6.07, 6.45) is 1.87. The summed E-state index contributed by atoms with van der Waals surface area (Å²) < 4.78 is 6.32. The topological polar surface area (TPSA) is 13.1 Å². The molecular weight excluding hydrogens is 280 g/mol. The fraction of sp³-hybridized carbons (Fsp3) is 0. The second-order valence-electron chi connectivity index (χ2n) is 5.86. The van der Waals surface area contributed by atoms with Gasteiger partial charge in [0, 0.05) is 21.7 Å². The third-order valence-corrected chi connectivity index (χ3v) is 4.60. The first kappa shape index (κ1) is 12.5. The first-order chi connectivity index (χ1) is 11.4. The lowest BCUT2D eigenvalue weighted by molar-refractivity contribution is 0.672. The molecule has 1 aromatic heterocycles. The fourth-order valence-electron chi connectivity index (χ4n) is 3.53. The smallest absolute Gasteiger partial charge is 0.143 e. The maximum Gasteiger partial charge on any atom is 0.143 e. The predicted molar refractivity (Wildman–Crippen MR) is 98.8 cm³/mol. The Balaban J connectivity index is 2.14. The van der Waals surface area contributed by atoms with Gasteiger partial charge in [-0.1, -0.05) is 67.3 Å². The Labute approximate surface area is 133 Å². The summed E-state index contributed by atoms with van der Waals surface area (Å²) in [5, 5.41) is 7.13. The summed E-state index contributed by atoms with van der Waals surface area (Å²) in [6, 6.07) is 23.3. The highest BCUT2D eigenvalue weighted by Crippen LogP contribution is 2.39. The molecule has 0 N–H and O–H groups in total. The van der Waals surface area contributed by atoms with E-state index >= 15 is 0 Å². The molecule has 1 nitrogen and oxygen atoms in total. The SMILES string of the molecule is C=Cc1cc2ccccc2c2c1oc1c3ccccc3ccc12. The molecule has 0 fully saturated rings. The molecule has 0 spiro atoms. The molecule has 0 saturated carbocycles. The van der Waals surface area contributed by atoms with Gasteiger partial charge in [-0.25, -0.2) is 0 Å². The van der Waals surface area contributed by atoms with E-state index in [1.54, 1.807) is 0 Å². The normalized spacial score (nSPS) is 11.7. The van der Waals surface area contributed by atoms with Gasteiger partial charge in [-0.15, -0.1) is 0 Å². The van der Waals surface area contributed by atoms with E-state index in [4.69, 9.17) is 4.42 Å². The van der Waals surface area contributed by atoms with Gasteiger partial charge in [0.25, 0.3) is 0 Å². The van der Waals surface area contributed by atoms with E-state index in [9.17, 15) is 0 Å². The molecule has 0 unspecified atom stereocenters. The van der Waals surface area contributed by atoms with Crippen LogP contribution in [0.15, 0.2) is 77.7 Å².